The van der Waals surface area contributed by atoms with E-state index >= 15 is 0 Å². The van der Waals surface area contributed by atoms with Crippen LogP contribution in [-0.4, -0.2) is 26.2 Å². The van der Waals surface area contributed by atoms with E-state index in [1.165, 1.54) is 12.1 Å². The number of aryl methyl sites for hydroxylation is 1. The van der Waals surface area contributed by atoms with Gasteiger partial charge in [-0.3, -0.25) is 4.18 Å². The summed E-state index contributed by atoms with van der Waals surface area (Å²) in [6.45, 7) is 7.73. The first-order chi connectivity index (χ1) is 9.77. The molecule has 120 valence electrons. The highest BCUT2D eigenvalue weighted by atomic mass is 32.2. The van der Waals surface area contributed by atoms with Gasteiger partial charge < -0.3 is 5.11 Å². The molecule has 3 atom stereocenters. The van der Waals surface area contributed by atoms with E-state index < -0.39 is 16.2 Å². The van der Waals surface area contributed by atoms with Gasteiger partial charge in [-0.1, -0.05) is 44.9 Å². The molecule has 4 nitrogen and oxygen atoms in total. The molecule has 0 saturated heterocycles. The van der Waals surface area contributed by atoms with Crippen LogP contribution in [0.1, 0.15) is 39.2 Å². The molecule has 0 aromatic heterocycles. The zero-order valence-electron chi connectivity index (χ0n) is 13.2. The van der Waals surface area contributed by atoms with Gasteiger partial charge in [-0.25, -0.2) is 0 Å². The topological polar surface area (TPSA) is 63.6 Å². The van der Waals surface area contributed by atoms with Gasteiger partial charge in [0.05, 0.1) is 17.6 Å². The van der Waals surface area contributed by atoms with Crippen molar-refractivity contribution in [3.63, 3.8) is 0 Å². The SMILES string of the molecule is CCC[C@@H](C)[C@H](O)[C@H](C)COS(=O)(=O)c1ccc(C)cc1. The maximum atomic E-state index is 12.1. The molecule has 0 aliphatic heterocycles. The summed E-state index contributed by atoms with van der Waals surface area (Å²) in [7, 11) is -3.75. The van der Waals surface area contributed by atoms with Gasteiger partial charge in [0, 0.05) is 5.92 Å². The van der Waals surface area contributed by atoms with Gasteiger partial charge >= 0.3 is 0 Å². The molecule has 0 aliphatic carbocycles. The summed E-state index contributed by atoms with van der Waals surface area (Å²) in [5.74, 6) is -0.0950. The Hall–Kier alpha value is -0.910. The Kier molecular flexibility index (Phi) is 6.84. The minimum absolute atomic E-state index is 0.00850. The highest BCUT2D eigenvalue weighted by Crippen LogP contribution is 2.20. The normalized spacial score (nSPS) is 16.4. The van der Waals surface area contributed by atoms with Crippen molar-refractivity contribution in [2.45, 2.75) is 51.5 Å². The molecule has 0 aliphatic rings. The number of aliphatic hydroxyl groups is 1. The fourth-order valence-electron chi connectivity index (χ4n) is 2.26. The number of rotatable bonds is 8. The van der Waals surface area contributed by atoms with Crippen LogP contribution < -0.4 is 0 Å². The summed E-state index contributed by atoms with van der Waals surface area (Å²) >= 11 is 0. The molecule has 0 amide bonds. The number of hydrogen-bond acceptors (Lipinski definition) is 4. The molecule has 1 N–H and O–H groups in total. The molecule has 0 radical (unpaired) electrons. The van der Waals surface area contributed by atoms with Crippen molar-refractivity contribution in [3.8, 4) is 0 Å². The summed E-state index contributed by atoms with van der Waals surface area (Å²) in [6.07, 6.45) is 1.35. The van der Waals surface area contributed by atoms with E-state index in [-0.39, 0.29) is 23.3 Å². The lowest BCUT2D eigenvalue weighted by Gasteiger charge is -2.24. The van der Waals surface area contributed by atoms with E-state index in [0.29, 0.717) is 0 Å². The molecule has 5 heteroatoms. The first kappa shape index (κ1) is 18.1. The van der Waals surface area contributed by atoms with E-state index in [2.05, 4.69) is 6.92 Å². The number of benzene rings is 1. The number of hydrogen-bond donors (Lipinski definition) is 1. The Morgan fingerprint density at radius 3 is 2.24 bits per heavy atom. The molecule has 0 spiro atoms. The Bertz CT molecular complexity index is 522. The molecule has 1 aromatic rings. The maximum absolute atomic E-state index is 12.1. The van der Waals surface area contributed by atoms with Crippen LogP contribution in [0.4, 0.5) is 0 Å². The molecule has 0 saturated carbocycles. The van der Waals surface area contributed by atoms with Gasteiger partial charge in [0.1, 0.15) is 0 Å². The highest BCUT2D eigenvalue weighted by molar-refractivity contribution is 7.86. The van der Waals surface area contributed by atoms with Crippen molar-refractivity contribution in [2.24, 2.45) is 11.8 Å². The zero-order valence-corrected chi connectivity index (χ0v) is 14.1. The van der Waals surface area contributed by atoms with Gasteiger partial charge in [-0.05, 0) is 31.4 Å². The van der Waals surface area contributed by atoms with E-state index in [4.69, 9.17) is 4.18 Å². The van der Waals surface area contributed by atoms with Crippen LogP contribution in [0.15, 0.2) is 29.2 Å². The minimum atomic E-state index is -3.75. The van der Waals surface area contributed by atoms with Gasteiger partial charge in [0.15, 0.2) is 0 Å². The van der Waals surface area contributed by atoms with E-state index in [1.807, 2.05) is 20.8 Å². The van der Waals surface area contributed by atoms with Crippen LogP contribution in [0.3, 0.4) is 0 Å². The second-order valence-corrected chi connectivity index (χ2v) is 7.40. The first-order valence-electron chi connectivity index (χ1n) is 7.42. The lowest BCUT2D eigenvalue weighted by molar-refractivity contribution is 0.0402. The van der Waals surface area contributed by atoms with Crippen LogP contribution in [0.25, 0.3) is 0 Å². The summed E-state index contributed by atoms with van der Waals surface area (Å²) in [5.41, 5.74) is 0.992. The maximum Gasteiger partial charge on any atom is 0.296 e. The van der Waals surface area contributed by atoms with E-state index in [9.17, 15) is 13.5 Å². The lowest BCUT2D eigenvalue weighted by Crippen LogP contribution is -2.29. The van der Waals surface area contributed by atoms with Crippen LogP contribution in [0.2, 0.25) is 0 Å². The third kappa shape index (κ3) is 5.41. The van der Waals surface area contributed by atoms with Gasteiger partial charge in [0.25, 0.3) is 10.1 Å². The third-order valence-electron chi connectivity index (χ3n) is 3.71. The van der Waals surface area contributed by atoms with Crippen molar-refractivity contribution in [1.82, 2.24) is 0 Å². The predicted molar refractivity (Wildman–Crippen MR) is 83.6 cm³/mol. The van der Waals surface area contributed by atoms with Crippen molar-refractivity contribution >= 4 is 10.1 Å². The first-order valence-corrected chi connectivity index (χ1v) is 8.83. The molecule has 0 fully saturated rings. The van der Waals surface area contributed by atoms with Gasteiger partial charge in [-0.2, -0.15) is 8.42 Å². The molecular weight excluding hydrogens is 288 g/mol. The van der Waals surface area contributed by atoms with E-state index in [0.717, 1.165) is 18.4 Å². The van der Waals surface area contributed by atoms with Crippen molar-refractivity contribution < 1.29 is 17.7 Å². The Morgan fingerprint density at radius 2 is 1.71 bits per heavy atom. The van der Waals surface area contributed by atoms with Crippen LogP contribution >= 0.6 is 0 Å². The fourth-order valence-corrected chi connectivity index (χ4v) is 3.25. The smallest absolute Gasteiger partial charge is 0.296 e. The zero-order chi connectivity index (χ0) is 16.0. The molecule has 1 rings (SSSR count). The molecule has 0 bridgehead atoms. The van der Waals surface area contributed by atoms with Crippen LogP contribution in [0.5, 0.6) is 0 Å². The second-order valence-electron chi connectivity index (χ2n) is 5.79. The summed E-state index contributed by atoms with van der Waals surface area (Å²) in [5, 5.41) is 10.1. The largest absolute Gasteiger partial charge is 0.392 e. The van der Waals surface area contributed by atoms with Gasteiger partial charge in [0.2, 0.25) is 0 Å². The quantitative estimate of drug-likeness (QED) is 0.749. The standard InChI is InChI=1S/C16H26O4S/c1-5-6-13(3)16(17)14(4)11-20-21(18,19)15-9-7-12(2)8-10-15/h7-10,13-14,16-17H,5-6,11H2,1-4H3/t13-,14-,16+/m1/s1. The number of aliphatic hydroxyl groups excluding tert-OH is 1. The van der Waals surface area contributed by atoms with Crippen LogP contribution in [0, 0.1) is 18.8 Å². The molecule has 0 heterocycles. The third-order valence-corrected chi connectivity index (χ3v) is 5.00. The lowest BCUT2D eigenvalue weighted by atomic mass is 9.91. The van der Waals surface area contributed by atoms with Crippen molar-refractivity contribution in [3.05, 3.63) is 29.8 Å². The fraction of sp³-hybridized carbons (Fsp3) is 0.625. The summed E-state index contributed by atoms with van der Waals surface area (Å²) < 4.78 is 29.2. The van der Waals surface area contributed by atoms with E-state index in [1.54, 1.807) is 12.1 Å². The van der Waals surface area contributed by atoms with Crippen LogP contribution in [-0.2, 0) is 14.3 Å². The summed E-state index contributed by atoms with van der Waals surface area (Å²) in [4.78, 5) is 0.149. The average molecular weight is 314 g/mol. The molecule has 0 unspecified atom stereocenters. The van der Waals surface area contributed by atoms with Crippen molar-refractivity contribution in [1.29, 1.82) is 0 Å². The second kappa shape index (κ2) is 7.92. The Labute approximate surface area is 128 Å². The minimum Gasteiger partial charge on any atom is -0.392 e. The van der Waals surface area contributed by atoms with Gasteiger partial charge in [-0.15, -0.1) is 0 Å². The Morgan fingerprint density at radius 1 is 1.14 bits per heavy atom. The average Bonchev–Trinajstić information content (AvgIpc) is 2.44. The monoisotopic (exact) mass is 314 g/mol. The Balaban J connectivity index is 2.63. The molecule has 21 heavy (non-hydrogen) atoms. The predicted octanol–water partition coefficient (Wildman–Crippen LogP) is 3.13. The molecular formula is C16H26O4S. The van der Waals surface area contributed by atoms with Crippen molar-refractivity contribution in [2.75, 3.05) is 6.61 Å². The summed E-state index contributed by atoms with van der Waals surface area (Å²) in [6, 6.07) is 6.53. The molecule has 1 aromatic carbocycles. The highest BCUT2D eigenvalue weighted by Gasteiger charge is 2.24.